The zero-order chi connectivity index (χ0) is 14.1. The number of benzene rings is 2. The predicted octanol–water partition coefficient (Wildman–Crippen LogP) is 5.52. The molecule has 0 saturated carbocycles. The molecule has 0 unspecified atom stereocenters. The summed E-state index contributed by atoms with van der Waals surface area (Å²) in [5, 5.41) is 10.5. The van der Waals surface area contributed by atoms with Crippen molar-refractivity contribution in [1.82, 2.24) is 0 Å². The van der Waals surface area contributed by atoms with E-state index in [2.05, 4.69) is 26.0 Å². The molecule has 0 atom stereocenters. The molecule has 0 aliphatic heterocycles. The van der Waals surface area contributed by atoms with Gasteiger partial charge < -0.3 is 9.84 Å². The third-order valence-corrected chi connectivity index (χ3v) is 4.61. The van der Waals surface area contributed by atoms with Crippen LogP contribution in [0.15, 0.2) is 48.5 Å². The van der Waals surface area contributed by atoms with Gasteiger partial charge in [0, 0.05) is 10.1 Å². The van der Waals surface area contributed by atoms with Crippen LogP contribution in [0.2, 0.25) is 0 Å². The van der Waals surface area contributed by atoms with E-state index in [1.165, 1.54) is 9.58 Å². The lowest BCUT2D eigenvalue weighted by molar-refractivity contribution is 0.464. The zero-order valence-electron chi connectivity index (χ0n) is 11.5. The Morgan fingerprint density at radius 3 is 2.40 bits per heavy atom. The second kappa shape index (κ2) is 5.17. The SMILES string of the molecule is CC(C)c1sc2ccccc2c1Oc1ccc(O)cc1. The van der Waals surface area contributed by atoms with Crippen molar-refractivity contribution in [3.63, 3.8) is 0 Å². The third-order valence-electron chi connectivity index (χ3n) is 3.16. The number of ether oxygens (including phenoxy) is 1. The quantitative estimate of drug-likeness (QED) is 0.686. The molecule has 102 valence electrons. The molecule has 20 heavy (non-hydrogen) atoms. The smallest absolute Gasteiger partial charge is 0.149 e. The van der Waals surface area contributed by atoms with Crippen molar-refractivity contribution in [3.05, 3.63) is 53.4 Å². The lowest BCUT2D eigenvalue weighted by Gasteiger charge is -2.09. The van der Waals surface area contributed by atoms with Crippen molar-refractivity contribution >= 4 is 21.4 Å². The third kappa shape index (κ3) is 2.37. The van der Waals surface area contributed by atoms with Crippen molar-refractivity contribution in [3.8, 4) is 17.2 Å². The van der Waals surface area contributed by atoms with E-state index < -0.39 is 0 Å². The van der Waals surface area contributed by atoms with E-state index in [1.807, 2.05) is 12.1 Å². The van der Waals surface area contributed by atoms with Crippen molar-refractivity contribution in [2.75, 3.05) is 0 Å². The fourth-order valence-electron chi connectivity index (χ4n) is 2.16. The first-order valence-electron chi connectivity index (χ1n) is 6.63. The number of thiophene rings is 1. The molecule has 0 saturated heterocycles. The summed E-state index contributed by atoms with van der Waals surface area (Å²) in [7, 11) is 0. The average molecular weight is 284 g/mol. The van der Waals surface area contributed by atoms with E-state index in [1.54, 1.807) is 35.6 Å². The van der Waals surface area contributed by atoms with Gasteiger partial charge in [-0.15, -0.1) is 11.3 Å². The topological polar surface area (TPSA) is 29.5 Å². The number of fused-ring (bicyclic) bond motifs is 1. The van der Waals surface area contributed by atoms with Crippen LogP contribution in [0.4, 0.5) is 0 Å². The summed E-state index contributed by atoms with van der Waals surface area (Å²) in [6, 6.07) is 15.1. The van der Waals surface area contributed by atoms with Gasteiger partial charge in [0.15, 0.2) is 0 Å². The summed E-state index contributed by atoms with van der Waals surface area (Å²) < 4.78 is 7.32. The van der Waals surface area contributed by atoms with Gasteiger partial charge in [0.2, 0.25) is 0 Å². The number of rotatable bonds is 3. The van der Waals surface area contributed by atoms with Gasteiger partial charge in [0.05, 0.1) is 4.88 Å². The number of phenols is 1. The van der Waals surface area contributed by atoms with Crippen LogP contribution >= 0.6 is 11.3 Å². The molecular weight excluding hydrogens is 268 g/mol. The Morgan fingerprint density at radius 1 is 1.00 bits per heavy atom. The molecular formula is C17H16O2S. The summed E-state index contributed by atoms with van der Waals surface area (Å²) in [5.74, 6) is 2.34. The molecule has 0 aliphatic rings. The Kier molecular flexibility index (Phi) is 3.36. The van der Waals surface area contributed by atoms with Crippen molar-refractivity contribution in [2.24, 2.45) is 0 Å². The maximum absolute atomic E-state index is 9.34. The first-order valence-corrected chi connectivity index (χ1v) is 7.45. The lowest BCUT2D eigenvalue weighted by Crippen LogP contribution is -1.89. The Balaban J connectivity index is 2.09. The van der Waals surface area contributed by atoms with Crippen LogP contribution in [0, 0.1) is 0 Å². The Hall–Kier alpha value is -2.00. The van der Waals surface area contributed by atoms with E-state index in [0.717, 1.165) is 16.9 Å². The van der Waals surface area contributed by atoms with Gasteiger partial charge in [-0.3, -0.25) is 0 Å². The second-order valence-electron chi connectivity index (χ2n) is 5.04. The van der Waals surface area contributed by atoms with Crippen LogP contribution < -0.4 is 4.74 Å². The number of phenolic OH excluding ortho intramolecular Hbond substituents is 1. The van der Waals surface area contributed by atoms with Crippen molar-refractivity contribution in [2.45, 2.75) is 19.8 Å². The lowest BCUT2D eigenvalue weighted by atomic mass is 10.1. The minimum atomic E-state index is 0.247. The van der Waals surface area contributed by atoms with Gasteiger partial charge >= 0.3 is 0 Å². The number of aromatic hydroxyl groups is 1. The normalized spacial score (nSPS) is 11.2. The van der Waals surface area contributed by atoms with E-state index in [4.69, 9.17) is 4.74 Å². The van der Waals surface area contributed by atoms with Crippen LogP contribution in [0.5, 0.6) is 17.2 Å². The maximum Gasteiger partial charge on any atom is 0.149 e. The predicted molar refractivity (Wildman–Crippen MR) is 84.1 cm³/mol. The Bertz CT molecular complexity index is 726. The van der Waals surface area contributed by atoms with Crippen LogP contribution in [-0.4, -0.2) is 5.11 Å². The molecule has 3 aromatic rings. The molecule has 2 aromatic carbocycles. The maximum atomic E-state index is 9.34. The number of hydrogen-bond acceptors (Lipinski definition) is 3. The molecule has 2 nitrogen and oxygen atoms in total. The minimum Gasteiger partial charge on any atom is -0.508 e. The molecule has 0 amide bonds. The average Bonchev–Trinajstić information content (AvgIpc) is 2.81. The Morgan fingerprint density at radius 2 is 1.70 bits per heavy atom. The summed E-state index contributed by atoms with van der Waals surface area (Å²) in [5.41, 5.74) is 0. The van der Waals surface area contributed by atoms with E-state index in [0.29, 0.717) is 5.92 Å². The van der Waals surface area contributed by atoms with Gasteiger partial charge in [-0.25, -0.2) is 0 Å². The standard InChI is InChI=1S/C17H16O2S/c1-11(2)17-16(14-5-3-4-6-15(14)20-17)19-13-9-7-12(18)8-10-13/h3-11,18H,1-2H3. The van der Waals surface area contributed by atoms with Crippen molar-refractivity contribution < 1.29 is 9.84 Å². The van der Waals surface area contributed by atoms with Gasteiger partial charge in [0.1, 0.15) is 17.2 Å². The first-order chi connectivity index (χ1) is 9.65. The highest BCUT2D eigenvalue weighted by Crippen LogP contribution is 2.43. The molecule has 0 bridgehead atoms. The van der Waals surface area contributed by atoms with E-state index >= 15 is 0 Å². The Labute approximate surface area is 122 Å². The minimum absolute atomic E-state index is 0.247. The molecule has 0 radical (unpaired) electrons. The van der Waals surface area contributed by atoms with Crippen LogP contribution in [0.25, 0.3) is 10.1 Å². The van der Waals surface area contributed by atoms with Crippen LogP contribution in [-0.2, 0) is 0 Å². The number of hydrogen-bond donors (Lipinski definition) is 1. The highest BCUT2D eigenvalue weighted by molar-refractivity contribution is 7.19. The van der Waals surface area contributed by atoms with Gasteiger partial charge in [-0.2, -0.15) is 0 Å². The van der Waals surface area contributed by atoms with Crippen LogP contribution in [0.1, 0.15) is 24.6 Å². The van der Waals surface area contributed by atoms with Gasteiger partial charge in [-0.05, 0) is 42.3 Å². The summed E-state index contributed by atoms with van der Waals surface area (Å²) in [6.45, 7) is 4.35. The fourth-order valence-corrected chi connectivity index (χ4v) is 3.29. The first kappa shape index (κ1) is 13.0. The molecule has 0 spiro atoms. The van der Waals surface area contributed by atoms with E-state index in [-0.39, 0.29) is 5.75 Å². The monoisotopic (exact) mass is 284 g/mol. The van der Waals surface area contributed by atoms with Gasteiger partial charge in [0.25, 0.3) is 0 Å². The molecule has 3 rings (SSSR count). The van der Waals surface area contributed by atoms with Crippen molar-refractivity contribution in [1.29, 1.82) is 0 Å². The molecule has 0 fully saturated rings. The molecule has 1 aromatic heterocycles. The van der Waals surface area contributed by atoms with Crippen LogP contribution in [0.3, 0.4) is 0 Å². The van der Waals surface area contributed by atoms with E-state index in [9.17, 15) is 5.11 Å². The molecule has 1 N–H and O–H groups in total. The highest BCUT2D eigenvalue weighted by Gasteiger charge is 2.16. The fraction of sp³-hybridized carbons (Fsp3) is 0.176. The summed E-state index contributed by atoms with van der Waals surface area (Å²) >= 11 is 1.78. The molecule has 3 heteroatoms. The highest BCUT2D eigenvalue weighted by atomic mass is 32.1. The van der Waals surface area contributed by atoms with Gasteiger partial charge in [-0.1, -0.05) is 26.0 Å². The molecule has 1 heterocycles. The second-order valence-corrected chi connectivity index (χ2v) is 6.13. The molecule has 0 aliphatic carbocycles. The summed E-state index contributed by atoms with van der Waals surface area (Å²) in [6.07, 6.45) is 0. The zero-order valence-corrected chi connectivity index (χ0v) is 12.3. The summed E-state index contributed by atoms with van der Waals surface area (Å²) in [4.78, 5) is 1.25. The largest absolute Gasteiger partial charge is 0.508 e.